The summed E-state index contributed by atoms with van der Waals surface area (Å²) in [6, 6.07) is 8.13. The fourth-order valence-corrected chi connectivity index (χ4v) is 5.38. The van der Waals surface area contributed by atoms with Gasteiger partial charge in [0.15, 0.2) is 0 Å². The fraction of sp³-hybridized carbons (Fsp3) is 0.656. The molecule has 0 aliphatic carbocycles. The molecule has 244 valence electrons. The fourth-order valence-electron chi connectivity index (χ4n) is 5.38. The van der Waals surface area contributed by atoms with Gasteiger partial charge in [-0.2, -0.15) is 0 Å². The molecule has 2 atom stereocenters. The van der Waals surface area contributed by atoms with Crippen molar-refractivity contribution in [1.82, 2.24) is 20.4 Å². The van der Waals surface area contributed by atoms with Crippen molar-refractivity contribution in [3.63, 3.8) is 0 Å². The third-order valence-corrected chi connectivity index (χ3v) is 7.64. The summed E-state index contributed by atoms with van der Waals surface area (Å²) < 4.78 is 15.7. The van der Waals surface area contributed by atoms with Crippen LogP contribution >= 0.6 is 0 Å². The molecule has 2 aliphatic rings. The van der Waals surface area contributed by atoms with Gasteiger partial charge in [-0.1, -0.05) is 30.3 Å². The number of hydrogen-bond acceptors (Lipinski definition) is 8. The van der Waals surface area contributed by atoms with Crippen LogP contribution in [0.2, 0.25) is 0 Å². The van der Waals surface area contributed by atoms with E-state index < -0.39 is 29.6 Å². The average molecular weight is 617 g/mol. The van der Waals surface area contributed by atoms with E-state index in [1.807, 2.05) is 30.3 Å². The minimum atomic E-state index is -1.19. The van der Waals surface area contributed by atoms with Crippen molar-refractivity contribution in [3.05, 3.63) is 35.9 Å². The van der Waals surface area contributed by atoms with Gasteiger partial charge in [-0.25, -0.2) is 14.4 Å². The number of likely N-dealkylation sites (tertiary alicyclic amines) is 2. The molecule has 2 saturated heterocycles. The number of piperidine rings is 2. The van der Waals surface area contributed by atoms with Gasteiger partial charge in [0.2, 0.25) is 11.8 Å². The Morgan fingerprint density at radius 2 is 1.66 bits per heavy atom. The monoisotopic (exact) mass is 616 g/mol. The lowest BCUT2D eigenvalue weighted by molar-refractivity contribution is -0.147. The maximum atomic E-state index is 13.0. The maximum absolute atomic E-state index is 13.0. The number of esters is 1. The van der Waals surface area contributed by atoms with Crippen molar-refractivity contribution in [2.45, 2.75) is 96.9 Å². The quantitative estimate of drug-likeness (QED) is 0.283. The summed E-state index contributed by atoms with van der Waals surface area (Å²) >= 11 is 0. The molecule has 12 heteroatoms. The molecule has 12 nitrogen and oxygen atoms in total. The molecule has 2 N–H and O–H groups in total. The Balaban J connectivity index is 1.39. The van der Waals surface area contributed by atoms with Gasteiger partial charge in [0.1, 0.15) is 18.2 Å². The number of benzene rings is 1. The summed E-state index contributed by atoms with van der Waals surface area (Å²) in [5, 5.41) is 5.35. The number of ether oxygens (including phenoxy) is 3. The molecule has 1 aromatic rings. The van der Waals surface area contributed by atoms with E-state index in [-0.39, 0.29) is 37.7 Å². The van der Waals surface area contributed by atoms with Crippen LogP contribution in [0.3, 0.4) is 0 Å². The van der Waals surface area contributed by atoms with E-state index in [1.165, 1.54) is 0 Å². The van der Waals surface area contributed by atoms with Crippen LogP contribution in [0.15, 0.2) is 30.3 Å². The van der Waals surface area contributed by atoms with E-state index in [4.69, 9.17) is 14.2 Å². The second kappa shape index (κ2) is 16.9. The highest BCUT2D eigenvalue weighted by molar-refractivity contribution is 5.88. The molecule has 4 amide bonds. The highest BCUT2D eigenvalue weighted by Gasteiger charge is 2.31. The van der Waals surface area contributed by atoms with Gasteiger partial charge in [0.25, 0.3) is 0 Å². The number of alkyl carbamates (subject to hydrolysis) is 1. The Morgan fingerprint density at radius 1 is 0.955 bits per heavy atom. The number of nitrogens with zero attached hydrogens (tertiary/aromatic N) is 2. The average Bonchev–Trinajstić information content (AvgIpc) is 2.98. The standard InChI is InChI=1S/C32H48N4O8/c1-5-42-29(39)26(34-30(40)44-32(2,3)4)20-27(37)33-25-12-9-17-36(21-25)28(38)14-13-23-15-18-35(19-16-23)31(41)43-22-24-10-7-6-8-11-24/h6-8,10-11,23,25-26H,5,9,12-22H2,1-4H3,(H,33,37)(H,34,40). The largest absolute Gasteiger partial charge is 0.464 e. The van der Waals surface area contributed by atoms with E-state index in [0.717, 1.165) is 31.2 Å². The smallest absolute Gasteiger partial charge is 0.410 e. The zero-order valence-corrected chi connectivity index (χ0v) is 26.5. The van der Waals surface area contributed by atoms with Crippen LogP contribution in [0.1, 0.15) is 78.2 Å². The first-order chi connectivity index (χ1) is 20.9. The first kappa shape index (κ1) is 34.7. The Labute approximate surface area is 260 Å². The van der Waals surface area contributed by atoms with Crippen molar-refractivity contribution in [1.29, 1.82) is 0 Å². The topological polar surface area (TPSA) is 144 Å². The summed E-state index contributed by atoms with van der Waals surface area (Å²) in [4.78, 5) is 66.5. The Morgan fingerprint density at radius 3 is 2.32 bits per heavy atom. The molecule has 2 heterocycles. The van der Waals surface area contributed by atoms with Gasteiger partial charge in [-0.15, -0.1) is 0 Å². The number of nitrogens with one attached hydrogen (secondary N) is 2. The maximum Gasteiger partial charge on any atom is 0.410 e. The first-order valence-corrected chi connectivity index (χ1v) is 15.6. The second-order valence-corrected chi connectivity index (χ2v) is 12.4. The third-order valence-electron chi connectivity index (χ3n) is 7.64. The minimum absolute atomic E-state index is 0.0460. The first-order valence-electron chi connectivity index (χ1n) is 15.6. The number of hydrogen-bond donors (Lipinski definition) is 2. The molecule has 0 saturated carbocycles. The van der Waals surface area contributed by atoms with E-state index in [0.29, 0.717) is 44.9 Å². The Kier molecular flexibility index (Phi) is 13.3. The number of amides is 4. The normalized spacial score (nSPS) is 18.1. The zero-order valence-electron chi connectivity index (χ0n) is 26.5. The van der Waals surface area contributed by atoms with Gasteiger partial charge in [-0.3, -0.25) is 9.59 Å². The van der Waals surface area contributed by atoms with Crippen LogP contribution in [0.4, 0.5) is 9.59 Å². The molecular weight excluding hydrogens is 568 g/mol. The number of carbonyl (C=O) groups excluding carboxylic acids is 5. The summed E-state index contributed by atoms with van der Waals surface area (Å²) in [7, 11) is 0. The lowest BCUT2D eigenvalue weighted by atomic mass is 9.92. The predicted molar refractivity (Wildman–Crippen MR) is 162 cm³/mol. The SMILES string of the molecule is CCOC(=O)C(CC(=O)NC1CCCN(C(=O)CCC2CCN(C(=O)OCc3ccccc3)CC2)C1)NC(=O)OC(C)(C)C. The van der Waals surface area contributed by atoms with E-state index >= 15 is 0 Å². The van der Waals surface area contributed by atoms with Crippen molar-refractivity contribution in [2.75, 3.05) is 32.8 Å². The molecule has 0 bridgehead atoms. The van der Waals surface area contributed by atoms with Gasteiger partial charge in [-0.05, 0) is 71.3 Å². The summed E-state index contributed by atoms with van der Waals surface area (Å²) in [5.41, 5.74) is 0.183. The van der Waals surface area contributed by atoms with Crippen molar-refractivity contribution in [2.24, 2.45) is 5.92 Å². The minimum Gasteiger partial charge on any atom is -0.464 e. The molecule has 0 spiro atoms. The molecule has 2 unspecified atom stereocenters. The van der Waals surface area contributed by atoms with E-state index in [9.17, 15) is 24.0 Å². The van der Waals surface area contributed by atoms with Gasteiger partial charge >= 0.3 is 18.2 Å². The van der Waals surface area contributed by atoms with Crippen LogP contribution in [0.25, 0.3) is 0 Å². The molecule has 44 heavy (non-hydrogen) atoms. The third kappa shape index (κ3) is 12.0. The van der Waals surface area contributed by atoms with Crippen LogP contribution in [0, 0.1) is 5.92 Å². The van der Waals surface area contributed by atoms with Gasteiger partial charge < -0.3 is 34.6 Å². The van der Waals surface area contributed by atoms with Crippen LogP contribution in [-0.2, 0) is 35.2 Å². The molecule has 0 radical (unpaired) electrons. The highest BCUT2D eigenvalue weighted by Crippen LogP contribution is 2.24. The van der Waals surface area contributed by atoms with Gasteiger partial charge in [0, 0.05) is 38.6 Å². The molecule has 3 rings (SSSR count). The number of rotatable bonds is 11. The summed E-state index contributed by atoms with van der Waals surface area (Å²) in [6.07, 6.45) is 2.84. The molecule has 0 aromatic heterocycles. The predicted octanol–water partition coefficient (Wildman–Crippen LogP) is 3.77. The van der Waals surface area contributed by atoms with Crippen LogP contribution < -0.4 is 10.6 Å². The molecule has 1 aromatic carbocycles. The lowest BCUT2D eigenvalue weighted by Crippen LogP contribution is -2.52. The summed E-state index contributed by atoms with van der Waals surface area (Å²) in [5.74, 6) is -0.740. The Bertz CT molecular complexity index is 1120. The molecule has 2 fully saturated rings. The molecular formula is C32H48N4O8. The lowest BCUT2D eigenvalue weighted by Gasteiger charge is -2.34. The van der Waals surface area contributed by atoms with Crippen molar-refractivity contribution in [3.8, 4) is 0 Å². The summed E-state index contributed by atoms with van der Waals surface area (Å²) in [6.45, 7) is 9.33. The van der Waals surface area contributed by atoms with E-state index in [1.54, 1.807) is 37.5 Å². The Hall–Kier alpha value is -3.83. The van der Waals surface area contributed by atoms with Crippen LogP contribution in [0.5, 0.6) is 0 Å². The van der Waals surface area contributed by atoms with E-state index in [2.05, 4.69) is 10.6 Å². The van der Waals surface area contributed by atoms with Crippen molar-refractivity contribution >= 4 is 30.0 Å². The van der Waals surface area contributed by atoms with Crippen LogP contribution in [-0.4, -0.2) is 90.2 Å². The molecule has 2 aliphatic heterocycles. The van der Waals surface area contributed by atoms with Gasteiger partial charge in [0.05, 0.1) is 13.0 Å². The number of carbonyl (C=O) groups is 5. The zero-order chi connectivity index (χ0) is 32.1. The van der Waals surface area contributed by atoms with Crippen molar-refractivity contribution < 1.29 is 38.2 Å². The highest BCUT2D eigenvalue weighted by atomic mass is 16.6. The second-order valence-electron chi connectivity index (χ2n) is 12.4.